The highest BCUT2D eigenvalue weighted by Crippen LogP contribution is 2.22. The molecule has 4 nitrogen and oxygen atoms in total. The highest BCUT2D eigenvalue weighted by atomic mass is 35.5. The van der Waals surface area contributed by atoms with Crippen molar-refractivity contribution in [2.24, 2.45) is 0 Å². The van der Waals surface area contributed by atoms with Gasteiger partial charge >= 0.3 is 5.69 Å². The summed E-state index contributed by atoms with van der Waals surface area (Å²) in [5.74, 6) is 0. The molecular formula is C12H9Cl3N2O2. The van der Waals surface area contributed by atoms with E-state index < -0.39 is 11.2 Å². The van der Waals surface area contributed by atoms with Crippen molar-refractivity contribution in [3.63, 3.8) is 0 Å². The highest BCUT2D eigenvalue weighted by molar-refractivity contribution is 6.34. The summed E-state index contributed by atoms with van der Waals surface area (Å²) >= 11 is 17.7. The molecule has 0 bridgehead atoms. The number of hydrogen-bond donors (Lipinski definition) is 1. The van der Waals surface area contributed by atoms with Crippen LogP contribution in [-0.2, 0) is 6.42 Å². The van der Waals surface area contributed by atoms with E-state index in [9.17, 15) is 9.59 Å². The minimum Gasteiger partial charge on any atom is -0.297 e. The average molecular weight is 320 g/mol. The average Bonchev–Trinajstić information content (AvgIpc) is 2.33. The van der Waals surface area contributed by atoms with E-state index in [0.29, 0.717) is 17.0 Å². The number of hydrogen-bond acceptors (Lipinski definition) is 2. The standard InChI is InChI=1S/C12H9Cl3N2O2/c1-2-7-10(15)16-12(19)17(11(7)18)9-5-6(13)3-4-8(9)14/h3-5H,2H2,1H3,(H,16,19). The lowest BCUT2D eigenvalue weighted by Crippen LogP contribution is -2.36. The molecule has 1 aromatic carbocycles. The Hall–Kier alpha value is -1.23. The molecule has 0 radical (unpaired) electrons. The van der Waals surface area contributed by atoms with Gasteiger partial charge in [-0.3, -0.25) is 9.78 Å². The monoisotopic (exact) mass is 318 g/mol. The molecule has 0 spiro atoms. The summed E-state index contributed by atoms with van der Waals surface area (Å²) in [4.78, 5) is 26.6. The molecule has 0 unspecified atom stereocenters. The van der Waals surface area contributed by atoms with Crippen LogP contribution in [0.4, 0.5) is 0 Å². The Morgan fingerprint density at radius 1 is 1.21 bits per heavy atom. The predicted octanol–water partition coefficient (Wildman–Crippen LogP) is 3.05. The molecule has 0 aliphatic heterocycles. The molecule has 1 aromatic heterocycles. The van der Waals surface area contributed by atoms with Crippen LogP contribution in [0.1, 0.15) is 12.5 Å². The number of H-pyrrole nitrogens is 1. The molecule has 0 saturated heterocycles. The van der Waals surface area contributed by atoms with Crippen LogP contribution < -0.4 is 11.2 Å². The molecular weight excluding hydrogens is 311 g/mol. The number of halogens is 3. The number of rotatable bonds is 2. The maximum atomic E-state index is 12.3. The zero-order valence-electron chi connectivity index (χ0n) is 9.84. The van der Waals surface area contributed by atoms with Crippen LogP contribution in [0.5, 0.6) is 0 Å². The second-order valence-corrected chi connectivity index (χ2v) is 5.03. The fraction of sp³-hybridized carbons (Fsp3) is 0.167. The minimum atomic E-state index is -0.656. The van der Waals surface area contributed by atoms with Gasteiger partial charge in [-0.05, 0) is 24.6 Å². The highest BCUT2D eigenvalue weighted by Gasteiger charge is 2.15. The van der Waals surface area contributed by atoms with Crippen molar-refractivity contribution in [1.82, 2.24) is 9.55 Å². The van der Waals surface area contributed by atoms with Crippen molar-refractivity contribution < 1.29 is 0 Å². The lowest BCUT2D eigenvalue weighted by molar-refractivity contribution is 0.842. The fourth-order valence-electron chi connectivity index (χ4n) is 1.73. The van der Waals surface area contributed by atoms with Crippen LogP contribution >= 0.6 is 34.8 Å². The van der Waals surface area contributed by atoms with E-state index in [1.54, 1.807) is 13.0 Å². The van der Waals surface area contributed by atoms with Gasteiger partial charge in [0.05, 0.1) is 16.3 Å². The van der Waals surface area contributed by atoms with Gasteiger partial charge in [-0.15, -0.1) is 0 Å². The second kappa shape index (κ2) is 5.41. The summed E-state index contributed by atoms with van der Waals surface area (Å²) in [7, 11) is 0. The number of nitrogens with zero attached hydrogens (tertiary/aromatic N) is 1. The fourth-order valence-corrected chi connectivity index (χ4v) is 2.39. The lowest BCUT2D eigenvalue weighted by atomic mass is 10.2. The smallest absolute Gasteiger partial charge is 0.297 e. The van der Waals surface area contributed by atoms with Gasteiger partial charge in [-0.2, -0.15) is 0 Å². The van der Waals surface area contributed by atoms with Crippen molar-refractivity contribution in [2.75, 3.05) is 0 Å². The number of benzene rings is 1. The first-order chi connectivity index (χ1) is 8.95. The zero-order chi connectivity index (χ0) is 14.2. The Balaban J connectivity index is 2.87. The summed E-state index contributed by atoms with van der Waals surface area (Å²) in [5.41, 5.74) is -0.610. The molecule has 100 valence electrons. The second-order valence-electron chi connectivity index (χ2n) is 3.81. The Morgan fingerprint density at radius 3 is 2.53 bits per heavy atom. The van der Waals surface area contributed by atoms with Crippen molar-refractivity contribution in [2.45, 2.75) is 13.3 Å². The van der Waals surface area contributed by atoms with Gasteiger partial charge in [-0.25, -0.2) is 9.36 Å². The predicted molar refractivity (Wildman–Crippen MR) is 77.1 cm³/mol. The molecule has 19 heavy (non-hydrogen) atoms. The van der Waals surface area contributed by atoms with E-state index in [-0.39, 0.29) is 15.9 Å². The first-order valence-electron chi connectivity index (χ1n) is 5.44. The number of aromatic nitrogens is 2. The summed E-state index contributed by atoms with van der Waals surface area (Å²) < 4.78 is 0.929. The third-order valence-corrected chi connectivity index (χ3v) is 3.53. The molecule has 0 atom stereocenters. The summed E-state index contributed by atoms with van der Waals surface area (Å²) in [6, 6.07) is 4.54. The van der Waals surface area contributed by atoms with Crippen molar-refractivity contribution in [3.05, 3.63) is 59.8 Å². The topological polar surface area (TPSA) is 54.9 Å². The van der Waals surface area contributed by atoms with Crippen LogP contribution in [0, 0.1) is 0 Å². The van der Waals surface area contributed by atoms with E-state index in [0.717, 1.165) is 4.57 Å². The molecule has 1 N–H and O–H groups in total. The minimum absolute atomic E-state index is 0.0481. The zero-order valence-corrected chi connectivity index (χ0v) is 12.1. The van der Waals surface area contributed by atoms with Crippen molar-refractivity contribution in [3.8, 4) is 5.69 Å². The quantitative estimate of drug-likeness (QED) is 0.865. The van der Waals surface area contributed by atoms with Gasteiger partial charge in [-0.1, -0.05) is 41.7 Å². The van der Waals surface area contributed by atoms with Crippen molar-refractivity contribution in [1.29, 1.82) is 0 Å². The SMILES string of the molecule is CCc1c(Cl)[nH]c(=O)n(-c2cc(Cl)ccc2Cl)c1=O. The molecule has 0 aliphatic carbocycles. The molecule has 2 aromatic rings. The van der Waals surface area contributed by atoms with Crippen LogP contribution in [-0.4, -0.2) is 9.55 Å². The summed E-state index contributed by atoms with van der Waals surface area (Å²) in [6.45, 7) is 1.77. The third-order valence-electron chi connectivity index (χ3n) is 2.65. The number of nitrogens with one attached hydrogen (secondary N) is 1. The Morgan fingerprint density at radius 2 is 1.89 bits per heavy atom. The van der Waals surface area contributed by atoms with Crippen LogP contribution in [0.25, 0.3) is 5.69 Å². The molecule has 0 saturated carbocycles. The van der Waals surface area contributed by atoms with E-state index in [1.807, 2.05) is 0 Å². The summed E-state index contributed by atoms with van der Waals surface area (Å²) in [5, 5.41) is 0.673. The molecule has 2 rings (SSSR count). The maximum Gasteiger partial charge on any atom is 0.334 e. The van der Waals surface area contributed by atoms with Gasteiger partial charge in [0.1, 0.15) is 5.15 Å². The Labute approximate surface area is 123 Å². The lowest BCUT2D eigenvalue weighted by Gasteiger charge is -2.09. The number of aromatic amines is 1. The first kappa shape index (κ1) is 14.2. The largest absolute Gasteiger partial charge is 0.334 e. The van der Waals surface area contributed by atoms with Gasteiger partial charge in [0, 0.05) is 5.02 Å². The maximum absolute atomic E-state index is 12.3. The molecule has 0 aliphatic rings. The normalized spacial score (nSPS) is 10.7. The van der Waals surface area contributed by atoms with Gasteiger partial charge in [0.25, 0.3) is 5.56 Å². The molecule has 0 amide bonds. The van der Waals surface area contributed by atoms with E-state index in [4.69, 9.17) is 34.8 Å². The summed E-state index contributed by atoms with van der Waals surface area (Å²) in [6.07, 6.45) is 0.395. The van der Waals surface area contributed by atoms with Crippen LogP contribution in [0.2, 0.25) is 15.2 Å². The van der Waals surface area contributed by atoms with Crippen LogP contribution in [0.3, 0.4) is 0 Å². The van der Waals surface area contributed by atoms with E-state index in [2.05, 4.69) is 4.98 Å². The Kier molecular flexibility index (Phi) is 4.04. The molecule has 7 heteroatoms. The van der Waals surface area contributed by atoms with Gasteiger partial charge < -0.3 is 0 Å². The van der Waals surface area contributed by atoms with E-state index in [1.165, 1.54) is 12.1 Å². The van der Waals surface area contributed by atoms with Crippen LogP contribution in [0.15, 0.2) is 27.8 Å². The van der Waals surface area contributed by atoms with Gasteiger partial charge in [0.15, 0.2) is 0 Å². The van der Waals surface area contributed by atoms with Crippen molar-refractivity contribution >= 4 is 34.8 Å². The molecule has 0 fully saturated rings. The molecule has 1 heterocycles. The first-order valence-corrected chi connectivity index (χ1v) is 6.58. The Bertz CT molecular complexity index is 750. The third kappa shape index (κ3) is 2.56. The van der Waals surface area contributed by atoms with E-state index >= 15 is 0 Å². The van der Waals surface area contributed by atoms with Gasteiger partial charge in [0.2, 0.25) is 0 Å².